The largest absolute Gasteiger partial charge is 0.465 e. The van der Waals surface area contributed by atoms with Crippen molar-refractivity contribution in [1.29, 1.82) is 0 Å². The molecular formula is C8H15NO2. The zero-order valence-electron chi connectivity index (χ0n) is 7.22. The monoisotopic (exact) mass is 157 g/mol. The third-order valence-electron chi connectivity index (χ3n) is 0.989. The summed E-state index contributed by atoms with van der Waals surface area (Å²) in [5, 5.41) is 10.4. The Morgan fingerprint density at radius 2 is 2.09 bits per heavy atom. The van der Waals surface area contributed by atoms with Crippen LogP contribution in [0.25, 0.3) is 0 Å². The Hall–Kier alpha value is -0.990. The van der Waals surface area contributed by atoms with E-state index < -0.39 is 6.09 Å². The van der Waals surface area contributed by atoms with E-state index >= 15 is 0 Å². The van der Waals surface area contributed by atoms with Gasteiger partial charge in [0.1, 0.15) is 0 Å². The molecule has 0 bridgehead atoms. The van der Waals surface area contributed by atoms with Crippen molar-refractivity contribution in [3.05, 3.63) is 12.2 Å². The second kappa shape index (κ2) is 4.01. The van der Waals surface area contributed by atoms with E-state index in [1.54, 1.807) is 0 Å². The number of amides is 1. The molecule has 0 unspecified atom stereocenters. The van der Waals surface area contributed by atoms with E-state index in [9.17, 15) is 4.79 Å². The Labute approximate surface area is 67.1 Å². The fraction of sp³-hybridized carbons (Fsp3) is 0.625. The molecule has 3 nitrogen and oxygen atoms in total. The van der Waals surface area contributed by atoms with E-state index in [0.717, 1.165) is 0 Å². The fourth-order valence-electron chi connectivity index (χ4n) is 0.559. The predicted molar refractivity (Wildman–Crippen MR) is 44.6 cm³/mol. The van der Waals surface area contributed by atoms with Crippen LogP contribution < -0.4 is 5.32 Å². The highest BCUT2D eigenvalue weighted by Crippen LogP contribution is 2.13. The summed E-state index contributed by atoms with van der Waals surface area (Å²) in [7, 11) is 0. The molecule has 0 aromatic heterocycles. The van der Waals surface area contributed by atoms with Gasteiger partial charge in [0.25, 0.3) is 0 Å². The van der Waals surface area contributed by atoms with Gasteiger partial charge in [0.05, 0.1) is 0 Å². The molecule has 0 aliphatic carbocycles. The number of carboxylic acid groups (broad SMARTS) is 1. The lowest BCUT2D eigenvalue weighted by atomic mass is 9.96. The molecule has 0 radical (unpaired) electrons. The molecule has 3 heteroatoms. The van der Waals surface area contributed by atoms with E-state index in [2.05, 4.69) is 26.1 Å². The minimum Gasteiger partial charge on any atom is -0.465 e. The first-order chi connectivity index (χ1) is 4.92. The van der Waals surface area contributed by atoms with Crippen molar-refractivity contribution < 1.29 is 9.90 Å². The summed E-state index contributed by atoms with van der Waals surface area (Å²) in [4.78, 5) is 9.98. The zero-order chi connectivity index (χ0) is 8.91. The maximum Gasteiger partial charge on any atom is 0.404 e. The second-order valence-electron chi connectivity index (χ2n) is 3.45. The fourth-order valence-corrected chi connectivity index (χ4v) is 0.559. The van der Waals surface area contributed by atoms with Gasteiger partial charge in [-0.15, -0.1) is 0 Å². The Balaban J connectivity index is 3.54. The highest BCUT2D eigenvalue weighted by atomic mass is 16.4. The molecule has 0 rings (SSSR count). The molecule has 0 saturated carbocycles. The maximum atomic E-state index is 9.98. The van der Waals surface area contributed by atoms with Gasteiger partial charge < -0.3 is 10.4 Å². The van der Waals surface area contributed by atoms with Crippen molar-refractivity contribution in [2.45, 2.75) is 20.8 Å². The smallest absolute Gasteiger partial charge is 0.404 e. The van der Waals surface area contributed by atoms with Gasteiger partial charge in [-0.05, 0) is 5.41 Å². The molecule has 11 heavy (non-hydrogen) atoms. The van der Waals surface area contributed by atoms with Gasteiger partial charge in [-0.2, -0.15) is 0 Å². The Morgan fingerprint density at radius 1 is 1.55 bits per heavy atom. The van der Waals surface area contributed by atoms with Crippen LogP contribution >= 0.6 is 0 Å². The van der Waals surface area contributed by atoms with E-state index in [1.807, 2.05) is 12.2 Å². The minimum atomic E-state index is -0.983. The molecule has 0 atom stereocenters. The first-order valence-electron chi connectivity index (χ1n) is 3.56. The summed E-state index contributed by atoms with van der Waals surface area (Å²) in [6, 6.07) is 0. The predicted octanol–water partition coefficient (Wildman–Crippen LogP) is 1.86. The van der Waals surface area contributed by atoms with Crippen LogP contribution in [0.15, 0.2) is 12.2 Å². The molecule has 1 amide bonds. The summed E-state index contributed by atoms with van der Waals surface area (Å²) in [5.41, 5.74) is 0.125. The third-order valence-corrected chi connectivity index (χ3v) is 0.989. The topological polar surface area (TPSA) is 49.3 Å². The number of rotatable bonds is 2. The SMILES string of the molecule is CC(C)(C)C=CCNC(=O)O. The van der Waals surface area contributed by atoms with E-state index in [-0.39, 0.29) is 5.41 Å². The van der Waals surface area contributed by atoms with Crippen molar-refractivity contribution in [2.24, 2.45) is 5.41 Å². The third kappa shape index (κ3) is 9.01. The van der Waals surface area contributed by atoms with Gasteiger partial charge in [0, 0.05) is 6.54 Å². The van der Waals surface area contributed by atoms with Crippen LogP contribution in [0.2, 0.25) is 0 Å². The molecule has 0 fully saturated rings. The first kappa shape index (κ1) is 10.0. The van der Waals surface area contributed by atoms with Crippen LogP contribution in [-0.4, -0.2) is 17.7 Å². The Kier molecular flexibility index (Phi) is 3.65. The lowest BCUT2D eigenvalue weighted by molar-refractivity contribution is 0.195. The number of nitrogens with one attached hydrogen (secondary N) is 1. The van der Waals surface area contributed by atoms with Gasteiger partial charge in [0.15, 0.2) is 0 Å². The summed E-state index contributed by atoms with van der Waals surface area (Å²) in [5.74, 6) is 0. The van der Waals surface area contributed by atoms with Crippen molar-refractivity contribution in [1.82, 2.24) is 5.32 Å². The van der Waals surface area contributed by atoms with Crippen LogP contribution in [-0.2, 0) is 0 Å². The molecule has 0 heterocycles. The molecule has 64 valence electrons. The molecule has 0 spiro atoms. The van der Waals surface area contributed by atoms with E-state index in [0.29, 0.717) is 6.54 Å². The molecule has 2 N–H and O–H groups in total. The molecule has 0 aliphatic rings. The normalized spacial score (nSPS) is 11.9. The standard InChI is InChI=1S/C8H15NO2/c1-8(2,3)5-4-6-9-7(10)11/h4-5,9H,6H2,1-3H3,(H,10,11). The van der Waals surface area contributed by atoms with Crippen molar-refractivity contribution in [2.75, 3.05) is 6.54 Å². The van der Waals surface area contributed by atoms with Crippen molar-refractivity contribution >= 4 is 6.09 Å². The summed E-state index contributed by atoms with van der Waals surface area (Å²) in [6.07, 6.45) is 2.81. The van der Waals surface area contributed by atoms with Gasteiger partial charge >= 0.3 is 6.09 Å². The van der Waals surface area contributed by atoms with Crippen LogP contribution in [0.1, 0.15) is 20.8 Å². The quantitative estimate of drug-likeness (QED) is 0.601. The van der Waals surface area contributed by atoms with Gasteiger partial charge in [-0.3, -0.25) is 0 Å². The summed E-state index contributed by atoms with van der Waals surface area (Å²) >= 11 is 0. The van der Waals surface area contributed by atoms with Crippen LogP contribution in [0.3, 0.4) is 0 Å². The molecule has 0 aromatic carbocycles. The number of allylic oxidation sites excluding steroid dienone is 1. The zero-order valence-corrected chi connectivity index (χ0v) is 7.22. The first-order valence-corrected chi connectivity index (χ1v) is 3.56. The summed E-state index contributed by atoms with van der Waals surface area (Å²) < 4.78 is 0. The summed E-state index contributed by atoms with van der Waals surface area (Å²) in [6.45, 7) is 6.56. The van der Waals surface area contributed by atoms with Crippen molar-refractivity contribution in [3.63, 3.8) is 0 Å². The van der Waals surface area contributed by atoms with Crippen LogP contribution in [0, 0.1) is 5.41 Å². The number of carbonyl (C=O) groups is 1. The number of hydrogen-bond acceptors (Lipinski definition) is 1. The lowest BCUT2D eigenvalue weighted by Gasteiger charge is -2.10. The van der Waals surface area contributed by atoms with E-state index in [1.165, 1.54) is 0 Å². The Bertz CT molecular complexity index is 156. The maximum absolute atomic E-state index is 9.98. The highest BCUT2D eigenvalue weighted by Gasteiger charge is 2.02. The lowest BCUT2D eigenvalue weighted by Crippen LogP contribution is -2.20. The highest BCUT2D eigenvalue weighted by molar-refractivity contribution is 5.64. The number of hydrogen-bond donors (Lipinski definition) is 2. The molecule has 0 aliphatic heterocycles. The minimum absolute atomic E-state index is 0.125. The Morgan fingerprint density at radius 3 is 2.45 bits per heavy atom. The van der Waals surface area contributed by atoms with Crippen molar-refractivity contribution in [3.8, 4) is 0 Å². The van der Waals surface area contributed by atoms with Gasteiger partial charge in [0.2, 0.25) is 0 Å². The molecule has 0 saturated heterocycles. The van der Waals surface area contributed by atoms with Gasteiger partial charge in [-0.25, -0.2) is 4.79 Å². The molecule has 0 aromatic rings. The van der Waals surface area contributed by atoms with Crippen LogP contribution in [0.5, 0.6) is 0 Å². The van der Waals surface area contributed by atoms with Crippen LogP contribution in [0.4, 0.5) is 4.79 Å². The molecular weight excluding hydrogens is 142 g/mol. The average molecular weight is 157 g/mol. The van der Waals surface area contributed by atoms with Gasteiger partial charge in [-0.1, -0.05) is 32.9 Å². The van der Waals surface area contributed by atoms with E-state index in [4.69, 9.17) is 5.11 Å². The average Bonchev–Trinajstić information content (AvgIpc) is 1.78. The second-order valence-corrected chi connectivity index (χ2v) is 3.45.